The number of ether oxygens (including phenoxy) is 1. The molecule has 0 fully saturated rings. The predicted octanol–water partition coefficient (Wildman–Crippen LogP) is 3.82. The van der Waals surface area contributed by atoms with Crippen molar-refractivity contribution < 1.29 is 17.9 Å². The lowest BCUT2D eigenvalue weighted by Crippen LogP contribution is -2.17. The summed E-state index contributed by atoms with van der Waals surface area (Å²) in [5.41, 5.74) is 6.51. The van der Waals surface area contributed by atoms with Gasteiger partial charge >= 0.3 is 6.36 Å². The molecule has 0 saturated carbocycles. The summed E-state index contributed by atoms with van der Waals surface area (Å²) < 4.78 is 39.7. The molecule has 0 unspecified atom stereocenters. The molecule has 7 heteroatoms. The monoisotopic (exact) mass is 347 g/mol. The molecule has 15 heavy (non-hydrogen) atoms. The zero-order valence-corrected chi connectivity index (χ0v) is 10.4. The number of alkyl halides is 4. The largest absolute Gasteiger partial charge is 0.573 e. The highest BCUT2D eigenvalue weighted by Crippen LogP contribution is 2.36. The van der Waals surface area contributed by atoms with Crippen LogP contribution < -0.4 is 10.5 Å². The number of anilines is 1. The van der Waals surface area contributed by atoms with Crippen molar-refractivity contribution in [2.24, 2.45) is 0 Å². The zero-order chi connectivity index (χ0) is 11.6. The van der Waals surface area contributed by atoms with Crippen molar-refractivity contribution in [2.75, 3.05) is 5.73 Å². The van der Waals surface area contributed by atoms with Gasteiger partial charge in [-0.1, -0.05) is 22.0 Å². The topological polar surface area (TPSA) is 35.2 Å². The molecule has 1 rings (SSSR count). The average Bonchev–Trinajstić information content (AvgIpc) is 2.11. The van der Waals surface area contributed by atoms with E-state index in [-0.39, 0.29) is 15.9 Å². The summed E-state index contributed by atoms with van der Waals surface area (Å²) in [7, 11) is 0. The number of hydrogen-bond acceptors (Lipinski definition) is 2. The van der Waals surface area contributed by atoms with Crippen molar-refractivity contribution in [2.45, 2.75) is 11.7 Å². The number of rotatable bonds is 2. The number of nitrogens with two attached hydrogens (primary N) is 1. The van der Waals surface area contributed by atoms with Gasteiger partial charge in [-0.2, -0.15) is 0 Å². The second-order valence-electron chi connectivity index (χ2n) is 2.63. The Bertz CT molecular complexity index is 368. The number of benzene rings is 1. The minimum absolute atomic E-state index is 0.108. The van der Waals surface area contributed by atoms with Crippen LogP contribution in [0.2, 0.25) is 0 Å². The van der Waals surface area contributed by atoms with Crippen LogP contribution in [-0.4, -0.2) is 6.36 Å². The standard InChI is InChI=1S/C8H6Br2F3NO/c9-3-4-1-2-5(6(10)7(4)14)15-8(11,12)13/h1-2H,3,14H2. The maximum absolute atomic E-state index is 11.9. The highest BCUT2D eigenvalue weighted by molar-refractivity contribution is 9.10. The van der Waals surface area contributed by atoms with Crippen molar-refractivity contribution >= 4 is 37.5 Å². The first-order valence-corrected chi connectivity index (χ1v) is 5.65. The Morgan fingerprint density at radius 1 is 1.33 bits per heavy atom. The van der Waals surface area contributed by atoms with Gasteiger partial charge in [0.05, 0.1) is 10.2 Å². The smallest absolute Gasteiger partial charge is 0.405 e. The van der Waals surface area contributed by atoms with E-state index < -0.39 is 6.36 Å². The van der Waals surface area contributed by atoms with E-state index in [2.05, 4.69) is 36.6 Å². The third-order valence-corrected chi connectivity index (χ3v) is 3.03. The fourth-order valence-electron chi connectivity index (χ4n) is 0.933. The van der Waals surface area contributed by atoms with Crippen LogP contribution in [0.25, 0.3) is 0 Å². The van der Waals surface area contributed by atoms with Crippen molar-refractivity contribution in [3.05, 3.63) is 22.2 Å². The van der Waals surface area contributed by atoms with Gasteiger partial charge in [-0.15, -0.1) is 13.2 Å². The summed E-state index contributed by atoms with van der Waals surface area (Å²) in [5.74, 6) is -0.343. The Hall–Kier alpha value is -0.430. The molecule has 1 aromatic carbocycles. The molecule has 2 nitrogen and oxygen atoms in total. The summed E-state index contributed by atoms with van der Waals surface area (Å²) >= 11 is 6.12. The van der Waals surface area contributed by atoms with Gasteiger partial charge in [-0.25, -0.2) is 0 Å². The molecule has 0 aromatic heterocycles. The quantitative estimate of drug-likeness (QED) is 0.651. The Morgan fingerprint density at radius 3 is 2.40 bits per heavy atom. The summed E-state index contributed by atoms with van der Waals surface area (Å²) in [5, 5.41) is 0.462. The van der Waals surface area contributed by atoms with Crippen LogP contribution in [0.3, 0.4) is 0 Å². The van der Waals surface area contributed by atoms with Crippen molar-refractivity contribution in [3.8, 4) is 5.75 Å². The molecule has 0 amide bonds. The Balaban J connectivity index is 3.07. The van der Waals surface area contributed by atoms with Gasteiger partial charge < -0.3 is 10.5 Å². The van der Waals surface area contributed by atoms with Gasteiger partial charge in [0.25, 0.3) is 0 Å². The van der Waals surface area contributed by atoms with Crippen LogP contribution >= 0.6 is 31.9 Å². The lowest BCUT2D eigenvalue weighted by atomic mass is 10.2. The first kappa shape index (κ1) is 12.6. The SMILES string of the molecule is Nc1c(CBr)ccc(OC(F)(F)F)c1Br. The third kappa shape index (κ3) is 3.27. The van der Waals surface area contributed by atoms with Gasteiger partial charge in [-0.3, -0.25) is 0 Å². The molecule has 0 aliphatic rings. The summed E-state index contributed by atoms with van der Waals surface area (Å²) in [6.45, 7) is 0. The van der Waals surface area contributed by atoms with Gasteiger partial charge in [-0.05, 0) is 27.6 Å². The fourth-order valence-corrected chi connectivity index (χ4v) is 1.89. The van der Waals surface area contributed by atoms with E-state index in [9.17, 15) is 13.2 Å². The zero-order valence-electron chi connectivity index (χ0n) is 7.24. The molecular weight excluding hydrogens is 343 g/mol. The maximum atomic E-state index is 11.9. The maximum Gasteiger partial charge on any atom is 0.573 e. The number of nitrogen functional groups attached to an aromatic ring is 1. The molecule has 0 aliphatic heterocycles. The molecular formula is C8H6Br2F3NO. The minimum atomic E-state index is -4.72. The van der Waals surface area contributed by atoms with E-state index in [1.54, 1.807) is 0 Å². The lowest BCUT2D eigenvalue weighted by molar-refractivity contribution is -0.274. The molecule has 1 aromatic rings. The molecule has 2 N–H and O–H groups in total. The van der Waals surface area contributed by atoms with Crippen LogP contribution in [0.5, 0.6) is 5.75 Å². The highest BCUT2D eigenvalue weighted by Gasteiger charge is 2.32. The summed E-state index contributed by atoms with van der Waals surface area (Å²) in [6, 6.07) is 2.68. The van der Waals surface area contributed by atoms with Crippen LogP contribution in [0, 0.1) is 0 Å². The molecule has 0 aliphatic carbocycles. The van der Waals surface area contributed by atoms with Gasteiger partial charge in [0.1, 0.15) is 5.75 Å². The second-order valence-corrected chi connectivity index (χ2v) is 3.99. The Kier molecular flexibility index (Phi) is 3.88. The van der Waals surface area contributed by atoms with E-state index in [4.69, 9.17) is 5.73 Å². The van der Waals surface area contributed by atoms with Crippen molar-refractivity contribution in [1.29, 1.82) is 0 Å². The Labute approximate surface area is 101 Å². The van der Waals surface area contributed by atoms with Gasteiger partial charge in [0.15, 0.2) is 0 Å². The first-order chi connectivity index (χ1) is 6.85. The van der Waals surface area contributed by atoms with E-state index in [1.807, 2.05) is 0 Å². The normalized spacial score (nSPS) is 11.5. The van der Waals surface area contributed by atoms with Crippen LogP contribution in [0.1, 0.15) is 5.56 Å². The van der Waals surface area contributed by atoms with Crippen LogP contribution in [0.15, 0.2) is 16.6 Å². The van der Waals surface area contributed by atoms with E-state index in [1.165, 1.54) is 12.1 Å². The molecule has 84 valence electrons. The third-order valence-electron chi connectivity index (χ3n) is 1.60. The Morgan fingerprint density at radius 2 is 1.93 bits per heavy atom. The molecule has 0 spiro atoms. The fraction of sp³-hybridized carbons (Fsp3) is 0.250. The molecule has 0 heterocycles. The van der Waals surface area contributed by atoms with Gasteiger partial charge in [0.2, 0.25) is 0 Å². The summed E-state index contributed by atoms with van der Waals surface area (Å²) in [6.07, 6.45) is -4.72. The summed E-state index contributed by atoms with van der Waals surface area (Å²) in [4.78, 5) is 0. The van der Waals surface area contributed by atoms with Crippen LogP contribution in [-0.2, 0) is 5.33 Å². The minimum Gasteiger partial charge on any atom is -0.405 e. The van der Waals surface area contributed by atoms with E-state index >= 15 is 0 Å². The first-order valence-electron chi connectivity index (χ1n) is 3.73. The molecule has 0 saturated heterocycles. The lowest BCUT2D eigenvalue weighted by Gasteiger charge is -2.13. The molecule has 0 atom stereocenters. The average molecular weight is 349 g/mol. The molecule has 0 radical (unpaired) electrons. The van der Waals surface area contributed by atoms with Crippen LogP contribution in [0.4, 0.5) is 18.9 Å². The van der Waals surface area contributed by atoms with Crippen molar-refractivity contribution in [3.63, 3.8) is 0 Å². The number of hydrogen-bond donors (Lipinski definition) is 1. The van der Waals surface area contributed by atoms with E-state index in [0.29, 0.717) is 10.9 Å². The highest BCUT2D eigenvalue weighted by atomic mass is 79.9. The molecule has 0 bridgehead atoms. The van der Waals surface area contributed by atoms with Crippen molar-refractivity contribution in [1.82, 2.24) is 0 Å². The predicted molar refractivity (Wildman–Crippen MR) is 57.9 cm³/mol. The van der Waals surface area contributed by atoms with E-state index in [0.717, 1.165) is 0 Å². The second kappa shape index (κ2) is 4.61. The number of halogens is 5. The van der Waals surface area contributed by atoms with Gasteiger partial charge in [0, 0.05) is 5.33 Å².